The highest BCUT2D eigenvalue weighted by molar-refractivity contribution is 9.10. The van der Waals surface area contributed by atoms with E-state index in [4.69, 9.17) is 0 Å². The smallest absolute Gasteiger partial charge is 0.264 e. The van der Waals surface area contributed by atoms with Crippen LogP contribution in [0.1, 0.15) is 19.4 Å². The van der Waals surface area contributed by atoms with Crippen molar-refractivity contribution >= 4 is 43.2 Å². The number of sulfonamides is 1. The fourth-order valence-electron chi connectivity index (χ4n) is 3.44. The Hall–Kier alpha value is -2.84. The fraction of sp³-hybridized carbons (Fsp3) is 0.240. The summed E-state index contributed by atoms with van der Waals surface area (Å²) in [5.74, 6) is -0.384. The third-order valence-electron chi connectivity index (χ3n) is 5.29. The summed E-state index contributed by atoms with van der Waals surface area (Å²) in [6.07, 6.45) is 0. The van der Waals surface area contributed by atoms with Crippen molar-refractivity contribution in [2.24, 2.45) is 0 Å². The summed E-state index contributed by atoms with van der Waals surface area (Å²) in [5.41, 5.74) is 2.49. The van der Waals surface area contributed by atoms with Crippen molar-refractivity contribution < 1.29 is 13.2 Å². The maximum atomic E-state index is 13.3. The van der Waals surface area contributed by atoms with E-state index in [1.807, 2.05) is 24.3 Å². The minimum absolute atomic E-state index is 0.132. The van der Waals surface area contributed by atoms with Crippen LogP contribution in [0.25, 0.3) is 0 Å². The lowest BCUT2D eigenvalue weighted by atomic mass is 10.2. The summed E-state index contributed by atoms with van der Waals surface area (Å²) in [6.45, 7) is 6.06. The molecule has 33 heavy (non-hydrogen) atoms. The van der Waals surface area contributed by atoms with E-state index >= 15 is 0 Å². The largest absolute Gasteiger partial charge is 0.372 e. The first-order valence-corrected chi connectivity index (χ1v) is 13.0. The number of hydrogen-bond donors (Lipinski definition) is 1. The average Bonchev–Trinajstić information content (AvgIpc) is 2.84. The Labute approximate surface area is 204 Å². The zero-order valence-corrected chi connectivity index (χ0v) is 21.1. The van der Waals surface area contributed by atoms with Crippen LogP contribution in [0.2, 0.25) is 0 Å². The van der Waals surface area contributed by atoms with Gasteiger partial charge in [0.05, 0.1) is 10.6 Å². The molecule has 0 saturated heterocycles. The Morgan fingerprint density at radius 3 is 2.00 bits per heavy atom. The highest BCUT2D eigenvalue weighted by Crippen LogP contribution is 2.25. The van der Waals surface area contributed by atoms with Gasteiger partial charge in [-0.1, -0.05) is 46.3 Å². The zero-order valence-electron chi connectivity index (χ0n) is 18.7. The Morgan fingerprint density at radius 2 is 1.42 bits per heavy atom. The van der Waals surface area contributed by atoms with E-state index in [-0.39, 0.29) is 17.3 Å². The summed E-state index contributed by atoms with van der Waals surface area (Å²) in [7, 11) is -3.91. The third kappa shape index (κ3) is 6.36. The fourth-order valence-corrected chi connectivity index (χ4v) is 5.15. The van der Waals surface area contributed by atoms with Gasteiger partial charge in [-0.3, -0.25) is 9.10 Å². The number of halogens is 1. The summed E-state index contributed by atoms with van der Waals surface area (Å²) < 4.78 is 28.6. The summed E-state index contributed by atoms with van der Waals surface area (Å²) in [4.78, 5) is 15.2. The molecule has 0 aliphatic rings. The lowest BCUT2D eigenvalue weighted by Crippen LogP contribution is -2.40. The maximum Gasteiger partial charge on any atom is 0.264 e. The molecule has 8 heteroatoms. The van der Waals surface area contributed by atoms with Crippen molar-refractivity contribution in [3.63, 3.8) is 0 Å². The minimum atomic E-state index is -3.91. The molecule has 0 atom stereocenters. The molecule has 0 aliphatic heterocycles. The van der Waals surface area contributed by atoms with Crippen molar-refractivity contribution in [2.45, 2.75) is 25.3 Å². The molecule has 0 bridgehead atoms. The molecule has 1 N–H and O–H groups in total. The Morgan fingerprint density at radius 1 is 0.848 bits per heavy atom. The van der Waals surface area contributed by atoms with E-state index < -0.39 is 10.0 Å². The normalized spacial score (nSPS) is 11.1. The Kier molecular flexibility index (Phi) is 8.52. The van der Waals surface area contributed by atoms with Gasteiger partial charge < -0.3 is 10.2 Å². The van der Waals surface area contributed by atoms with Gasteiger partial charge in [0.25, 0.3) is 10.0 Å². The van der Waals surface area contributed by atoms with Crippen LogP contribution in [0.4, 0.5) is 11.4 Å². The highest BCUT2D eigenvalue weighted by Gasteiger charge is 2.27. The second-order valence-electron chi connectivity index (χ2n) is 7.42. The van der Waals surface area contributed by atoms with E-state index in [1.165, 1.54) is 12.1 Å². The van der Waals surface area contributed by atoms with E-state index in [9.17, 15) is 13.2 Å². The quantitative estimate of drug-likeness (QED) is 0.409. The molecule has 0 aliphatic carbocycles. The highest BCUT2D eigenvalue weighted by atomic mass is 79.9. The summed E-state index contributed by atoms with van der Waals surface area (Å²) >= 11 is 3.36. The molecule has 1 amide bonds. The van der Waals surface area contributed by atoms with Gasteiger partial charge in [-0.2, -0.15) is 0 Å². The third-order valence-corrected chi connectivity index (χ3v) is 7.60. The van der Waals surface area contributed by atoms with Gasteiger partial charge in [0.1, 0.15) is 6.54 Å². The maximum absolute atomic E-state index is 13.3. The average molecular weight is 530 g/mol. The van der Waals surface area contributed by atoms with Crippen molar-refractivity contribution in [3.05, 3.63) is 88.9 Å². The number of benzene rings is 3. The van der Waals surface area contributed by atoms with Crippen LogP contribution in [0.15, 0.2) is 88.2 Å². The van der Waals surface area contributed by atoms with Crippen LogP contribution in [-0.2, 0) is 21.4 Å². The Balaban J connectivity index is 1.75. The van der Waals surface area contributed by atoms with E-state index in [0.29, 0.717) is 12.2 Å². The topological polar surface area (TPSA) is 69.7 Å². The predicted octanol–water partition coefficient (Wildman–Crippen LogP) is 4.81. The molecule has 0 unspecified atom stereocenters. The molecular formula is C25H28BrN3O3S. The number of amides is 1. The molecule has 0 fully saturated rings. The second kappa shape index (κ2) is 11.3. The zero-order chi connectivity index (χ0) is 23.8. The van der Waals surface area contributed by atoms with Crippen molar-refractivity contribution in [3.8, 4) is 0 Å². The van der Waals surface area contributed by atoms with Gasteiger partial charge >= 0.3 is 0 Å². The van der Waals surface area contributed by atoms with Crippen LogP contribution in [0.3, 0.4) is 0 Å². The second-order valence-corrected chi connectivity index (χ2v) is 10.2. The van der Waals surface area contributed by atoms with Crippen LogP contribution in [0.5, 0.6) is 0 Å². The van der Waals surface area contributed by atoms with Crippen LogP contribution < -0.4 is 14.5 Å². The van der Waals surface area contributed by atoms with Gasteiger partial charge in [0, 0.05) is 29.8 Å². The monoisotopic (exact) mass is 529 g/mol. The molecule has 0 saturated carbocycles. The molecule has 6 nitrogen and oxygen atoms in total. The molecule has 0 spiro atoms. The molecule has 3 rings (SSSR count). The van der Waals surface area contributed by atoms with Gasteiger partial charge in [-0.15, -0.1) is 0 Å². The van der Waals surface area contributed by atoms with E-state index in [0.717, 1.165) is 33.1 Å². The minimum Gasteiger partial charge on any atom is -0.372 e. The number of rotatable bonds is 10. The number of carbonyl (C=O) groups is 1. The standard InChI is InChI=1S/C25H28BrN3O3S/c1-3-28(4-2)22-14-10-20(11-15-22)18-27-25(30)19-29(23-16-12-21(26)13-17-23)33(31,32)24-8-6-5-7-9-24/h5-17H,3-4,18-19H2,1-2H3,(H,27,30). The first-order valence-electron chi connectivity index (χ1n) is 10.8. The van der Waals surface area contributed by atoms with Crippen LogP contribution in [-0.4, -0.2) is 34.0 Å². The lowest BCUT2D eigenvalue weighted by molar-refractivity contribution is -0.119. The number of anilines is 2. The summed E-state index contributed by atoms with van der Waals surface area (Å²) in [5, 5.41) is 2.84. The van der Waals surface area contributed by atoms with Crippen molar-refractivity contribution in [1.29, 1.82) is 0 Å². The van der Waals surface area contributed by atoms with Gasteiger partial charge in [-0.25, -0.2) is 8.42 Å². The molecule has 174 valence electrons. The number of hydrogen-bond acceptors (Lipinski definition) is 4. The van der Waals surface area contributed by atoms with Crippen molar-refractivity contribution in [2.75, 3.05) is 28.8 Å². The number of carbonyl (C=O) groups excluding carboxylic acids is 1. The number of nitrogens with zero attached hydrogens (tertiary/aromatic N) is 2. The summed E-state index contributed by atoms with van der Waals surface area (Å²) in [6, 6.07) is 23.0. The Bertz CT molecular complexity index is 1150. The molecule has 0 heterocycles. The van der Waals surface area contributed by atoms with Gasteiger partial charge in [-0.05, 0) is 67.9 Å². The van der Waals surface area contributed by atoms with E-state index in [2.05, 4.69) is 40.0 Å². The number of nitrogens with one attached hydrogen (secondary N) is 1. The molecule has 0 radical (unpaired) electrons. The van der Waals surface area contributed by atoms with Gasteiger partial charge in [0.15, 0.2) is 0 Å². The molecular weight excluding hydrogens is 502 g/mol. The van der Waals surface area contributed by atoms with Crippen molar-refractivity contribution in [1.82, 2.24) is 5.32 Å². The molecule has 3 aromatic carbocycles. The first kappa shape index (κ1) is 24.8. The molecule has 0 aromatic heterocycles. The van der Waals surface area contributed by atoms with E-state index in [1.54, 1.807) is 42.5 Å². The molecule has 3 aromatic rings. The predicted molar refractivity (Wildman–Crippen MR) is 137 cm³/mol. The lowest BCUT2D eigenvalue weighted by Gasteiger charge is -2.24. The van der Waals surface area contributed by atoms with Gasteiger partial charge in [0.2, 0.25) is 5.91 Å². The first-order chi connectivity index (χ1) is 15.8. The van der Waals surface area contributed by atoms with Crippen LogP contribution in [0, 0.1) is 0 Å². The van der Waals surface area contributed by atoms with Crippen LogP contribution >= 0.6 is 15.9 Å². The SMILES string of the molecule is CCN(CC)c1ccc(CNC(=O)CN(c2ccc(Br)cc2)S(=O)(=O)c2ccccc2)cc1.